The Morgan fingerprint density at radius 1 is 1.04 bits per heavy atom. The van der Waals surface area contributed by atoms with E-state index in [0.717, 1.165) is 42.5 Å². The van der Waals surface area contributed by atoms with Gasteiger partial charge < -0.3 is 5.32 Å². The first-order valence-corrected chi connectivity index (χ1v) is 7.88. The zero-order chi connectivity index (χ0) is 15.5. The van der Waals surface area contributed by atoms with Crippen molar-refractivity contribution in [2.75, 3.05) is 26.2 Å². The second-order valence-electron chi connectivity index (χ2n) is 5.95. The van der Waals surface area contributed by atoms with E-state index in [1.54, 1.807) is 0 Å². The number of benzene rings is 2. The third-order valence-corrected chi connectivity index (χ3v) is 4.53. The molecule has 2 aromatic rings. The van der Waals surface area contributed by atoms with Gasteiger partial charge in [-0.15, -0.1) is 12.4 Å². The average molecular weight is 341 g/mol. The molecule has 23 heavy (non-hydrogen) atoms. The average Bonchev–Trinajstić information content (AvgIpc) is 2.54. The highest BCUT2D eigenvalue weighted by molar-refractivity contribution is 5.88. The van der Waals surface area contributed by atoms with Crippen LogP contribution in [0.15, 0.2) is 36.4 Å². The number of piperazine rings is 1. The van der Waals surface area contributed by atoms with Crippen LogP contribution in [0.2, 0.25) is 0 Å². The molecule has 1 atom stereocenters. The molecule has 0 aromatic heterocycles. The fourth-order valence-electron chi connectivity index (χ4n) is 3.40. The summed E-state index contributed by atoms with van der Waals surface area (Å²) in [5.41, 5.74) is 2.22. The molecule has 0 amide bonds. The van der Waals surface area contributed by atoms with Crippen molar-refractivity contribution in [1.82, 2.24) is 10.2 Å². The summed E-state index contributed by atoms with van der Waals surface area (Å²) in [5, 5.41) is 5.56. The third-order valence-electron chi connectivity index (χ3n) is 4.53. The van der Waals surface area contributed by atoms with Crippen molar-refractivity contribution in [3.63, 3.8) is 0 Å². The Morgan fingerprint density at radius 2 is 1.70 bits per heavy atom. The maximum absolute atomic E-state index is 13.2. The molecule has 3 rings (SSSR count). The van der Waals surface area contributed by atoms with E-state index in [-0.39, 0.29) is 24.9 Å². The second-order valence-corrected chi connectivity index (χ2v) is 5.95. The van der Waals surface area contributed by atoms with Crippen LogP contribution in [0, 0.1) is 6.92 Å². The number of hydrogen-bond acceptors (Lipinski definition) is 2. The van der Waals surface area contributed by atoms with Crippen molar-refractivity contribution in [2.45, 2.75) is 25.8 Å². The Hall–Kier alpha value is -1.23. The largest absolute Gasteiger partial charge is 0.314 e. The lowest BCUT2D eigenvalue weighted by atomic mass is 9.93. The topological polar surface area (TPSA) is 15.3 Å². The van der Waals surface area contributed by atoms with Crippen molar-refractivity contribution in [2.24, 2.45) is 0 Å². The summed E-state index contributed by atoms with van der Waals surface area (Å²) in [6, 6.07) is 12.0. The summed E-state index contributed by atoms with van der Waals surface area (Å²) in [6.07, 6.45) is -2.40. The van der Waals surface area contributed by atoms with Gasteiger partial charge in [-0.05, 0) is 28.8 Å². The van der Waals surface area contributed by atoms with E-state index in [0.29, 0.717) is 0 Å². The molecule has 1 N–H and O–H groups in total. The van der Waals surface area contributed by atoms with Crippen molar-refractivity contribution in [3.8, 4) is 0 Å². The number of rotatable bonds is 4. The minimum Gasteiger partial charge on any atom is -0.314 e. The zero-order valence-electron chi connectivity index (χ0n) is 13.3. The molecule has 0 spiro atoms. The molecule has 0 aliphatic carbocycles. The van der Waals surface area contributed by atoms with Gasteiger partial charge in [-0.25, -0.2) is 8.78 Å². The standard InChI is InChI=1S/C18H22F2N2.ClH/c1-13-6-7-16(15-5-3-2-4-14(13)15)17(12-18(19)20)22-10-8-21-9-11-22;/h2-7,17-18,21H,8-12H2,1H3;1H/t17-;/m0./s1. The van der Waals surface area contributed by atoms with Crippen LogP contribution in [-0.2, 0) is 0 Å². The van der Waals surface area contributed by atoms with Crippen molar-refractivity contribution in [3.05, 3.63) is 47.5 Å². The molecule has 1 fully saturated rings. The van der Waals surface area contributed by atoms with Gasteiger partial charge >= 0.3 is 0 Å². The molecule has 2 nitrogen and oxygen atoms in total. The number of aryl methyl sites for hydroxylation is 1. The van der Waals surface area contributed by atoms with Gasteiger partial charge in [0.1, 0.15) is 0 Å². The van der Waals surface area contributed by atoms with Crippen LogP contribution in [0.25, 0.3) is 10.8 Å². The van der Waals surface area contributed by atoms with Crippen LogP contribution in [0.4, 0.5) is 8.78 Å². The monoisotopic (exact) mass is 340 g/mol. The molecule has 1 heterocycles. The molecule has 0 unspecified atom stereocenters. The van der Waals surface area contributed by atoms with Crippen LogP contribution >= 0.6 is 12.4 Å². The first-order valence-electron chi connectivity index (χ1n) is 7.88. The highest BCUT2D eigenvalue weighted by atomic mass is 35.5. The van der Waals surface area contributed by atoms with Gasteiger partial charge in [0.05, 0.1) is 0 Å². The summed E-state index contributed by atoms with van der Waals surface area (Å²) < 4.78 is 26.3. The number of fused-ring (bicyclic) bond motifs is 1. The molecule has 5 heteroatoms. The van der Waals surface area contributed by atoms with Gasteiger partial charge in [0.15, 0.2) is 0 Å². The summed E-state index contributed by atoms with van der Waals surface area (Å²) in [4.78, 5) is 2.19. The Labute approximate surface area is 142 Å². The molecular weight excluding hydrogens is 318 g/mol. The lowest BCUT2D eigenvalue weighted by Gasteiger charge is -2.35. The van der Waals surface area contributed by atoms with E-state index in [1.807, 2.05) is 18.2 Å². The SMILES string of the molecule is Cc1ccc([C@H](CC(F)F)N2CCNCC2)c2ccccc12.Cl. The molecule has 0 radical (unpaired) electrons. The fourth-order valence-corrected chi connectivity index (χ4v) is 3.40. The number of nitrogens with zero attached hydrogens (tertiary/aromatic N) is 1. The minimum absolute atomic E-state index is 0. The Balaban J connectivity index is 0.00000192. The highest BCUT2D eigenvalue weighted by Gasteiger charge is 2.26. The lowest BCUT2D eigenvalue weighted by molar-refractivity contribution is 0.0744. The zero-order valence-corrected chi connectivity index (χ0v) is 14.1. The predicted octanol–water partition coefficient (Wildman–Crippen LogP) is 4.17. The van der Waals surface area contributed by atoms with E-state index in [4.69, 9.17) is 0 Å². The van der Waals surface area contributed by atoms with Crippen molar-refractivity contribution >= 4 is 23.2 Å². The molecule has 1 saturated heterocycles. The summed E-state index contributed by atoms with van der Waals surface area (Å²) in [5.74, 6) is 0. The normalized spacial score (nSPS) is 17.2. The van der Waals surface area contributed by atoms with Gasteiger partial charge in [-0.3, -0.25) is 4.90 Å². The van der Waals surface area contributed by atoms with Gasteiger partial charge in [0, 0.05) is 38.6 Å². The van der Waals surface area contributed by atoms with E-state index in [9.17, 15) is 8.78 Å². The predicted molar refractivity (Wildman–Crippen MR) is 93.7 cm³/mol. The Bertz CT molecular complexity index is 642. The molecule has 0 saturated carbocycles. The van der Waals surface area contributed by atoms with Crippen molar-refractivity contribution in [1.29, 1.82) is 0 Å². The summed E-state index contributed by atoms with van der Waals surface area (Å²) in [6.45, 7) is 5.44. The molecule has 0 bridgehead atoms. The third kappa shape index (κ3) is 4.00. The number of hydrogen-bond donors (Lipinski definition) is 1. The fraction of sp³-hybridized carbons (Fsp3) is 0.444. The highest BCUT2D eigenvalue weighted by Crippen LogP contribution is 2.34. The Kier molecular flexibility index (Phi) is 6.33. The van der Waals surface area contributed by atoms with Crippen LogP contribution in [-0.4, -0.2) is 37.5 Å². The molecule has 1 aliphatic heterocycles. The maximum atomic E-state index is 13.2. The van der Waals surface area contributed by atoms with Crippen molar-refractivity contribution < 1.29 is 8.78 Å². The summed E-state index contributed by atoms with van der Waals surface area (Å²) in [7, 11) is 0. The Morgan fingerprint density at radius 3 is 2.35 bits per heavy atom. The maximum Gasteiger partial charge on any atom is 0.240 e. The van der Waals surface area contributed by atoms with E-state index in [1.165, 1.54) is 5.56 Å². The molecule has 2 aromatic carbocycles. The number of nitrogens with one attached hydrogen (secondary N) is 1. The van der Waals surface area contributed by atoms with Gasteiger partial charge in [0.2, 0.25) is 6.43 Å². The van der Waals surface area contributed by atoms with E-state index < -0.39 is 6.43 Å². The number of halogens is 3. The van der Waals surface area contributed by atoms with E-state index in [2.05, 4.69) is 35.3 Å². The molecular formula is C18H23ClF2N2. The van der Waals surface area contributed by atoms with Gasteiger partial charge in [-0.1, -0.05) is 36.4 Å². The van der Waals surface area contributed by atoms with Crippen LogP contribution < -0.4 is 5.32 Å². The smallest absolute Gasteiger partial charge is 0.240 e. The van der Waals surface area contributed by atoms with Crippen LogP contribution in [0.1, 0.15) is 23.6 Å². The van der Waals surface area contributed by atoms with Crippen LogP contribution in [0.5, 0.6) is 0 Å². The quantitative estimate of drug-likeness (QED) is 0.898. The van der Waals surface area contributed by atoms with Crippen LogP contribution in [0.3, 0.4) is 0 Å². The molecule has 1 aliphatic rings. The van der Waals surface area contributed by atoms with Gasteiger partial charge in [0.25, 0.3) is 0 Å². The first kappa shape index (κ1) is 18.1. The second kappa shape index (κ2) is 8.04. The lowest BCUT2D eigenvalue weighted by Crippen LogP contribution is -2.45. The molecule has 126 valence electrons. The minimum atomic E-state index is -2.29. The van der Waals surface area contributed by atoms with Gasteiger partial charge in [-0.2, -0.15) is 0 Å². The number of alkyl halides is 2. The summed E-state index contributed by atoms with van der Waals surface area (Å²) >= 11 is 0. The van der Waals surface area contributed by atoms with E-state index >= 15 is 0 Å². The first-order chi connectivity index (χ1) is 10.7.